The molecule has 0 saturated heterocycles. The van der Waals surface area contributed by atoms with Gasteiger partial charge in [0.2, 0.25) is 17.4 Å². The van der Waals surface area contributed by atoms with Crippen LogP contribution in [-0.4, -0.2) is 35.8 Å². The van der Waals surface area contributed by atoms with E-state index >= 15 is 0 Å². The highest BCUT2D eigenvalue weighted by Gasteiger charge is 2.58. The van der Waals surface area contributed by atoms with E-state index in [-0.39, 0.29) is 21.6 Å². The van der Waals surface area contributed by atoms with Gasteiger partial charge in [0.1, 0.15) is 11.2 Å². The molecule has 3 unspecified atom stereocenters. The van der Waals surface area contributed by atoms with E-state index in [1.54, 1.807) is 19.9 Å². The van der Waals surface area contributed by atoms with Crippen molar-refractivity contribution >= 4 is 50.3 Å². The van der Waals surface area contributed by atoms with Crippen molar-refractivity contribution in [3.8, 4) is 5.75 Å². The Balaban J connectivity index is 2.28. The van der Waals surface area contributed by atoms with E-state index < -0.39 is 58.4 Å². The van der Waals surface area contributed by atoms with Crippen LogP contribution >= 0.6 is 38.5 Å². The number of amides is 2. The number of rotatable bonds is 8. The van der Waals surface area contributed by atoms with Crippen LogP contribution in [0.5, 0.6) is 5.75 Å². The molecule has 2 amide bonds. The van der Waals surface area contributed by atoms with Gasteiger partial charge in [-0.3, -0.25) is 9.59 Å². The summed E-state index contributed by atoms with van der Waals surface area (Å²) >= 11 is 4.91. The number of aliphatic hydroxyl groups is 1. The number of hydrogen-bond donors (Lipinski definition) is 3. The molecule has 3 rings (SSSR count). The Morgan fingerprint density at radius 2 is 1.82 bits per heavy atom. The van der Waals surface area contributed by atoms with Crippen molar-refractivity contribution in [3.05, 3.63) is 84.9 Å². The first kappa shape index (κ1) is 32.0. The second-order valence-electron chi connectivity index (χ2n) is 9.50. The van der Waals surface area contributed by atoms with Crippen molar-refractivity contribution in [2.75, 3.05) is 0 Å². The molecule has 6 nitrogen and oxygen atoms in total. The highest BCUT2D eigenvalue weighted by Crippen LogP contribution is 2.50. The van der Waals surface area contributed by atoms with Gasteiger partial charge in [0.25, 0.3) is 0 Å². The van der Waals surface area contributed by atoms with Gasteiger partial charge in [-0.15, -0.1) is 0 Å². The lowest BCUT2D eigenvalue weighted by Gasteiger charge is -2.39. The summed E-state index contributed by atoms with van der Waals surface area (Å²) in [5, 5.41) is 14.0. The van der Waals surface area contributed by atoms with E-state index in [4.69, 9.17) is 5.73 Å². The molecular formula is C27H25BrF5IN2O4. The van der Waals surface area contributed by atoms with Crippen LogP contribution in [0.25, 0.3) is 0 Å². The van der Waals surface area contributed by atoms with Gasteiger partial charge in [0.05, 0.1) is 5.92 Å². The van der Waals surface area contributed by atoms with E-state index in [0.29, 0.717) is 3.58 Å². The number of allylic oxidation sites excluding steroid dienone is 2. The maximum Gasteiger partial charge on any atom is 0.425 e. The molecule has 40 heavy (non-hydrogen) atoms. The minimum absolute atomic E-state index is 0.0884. The van der Waals surface area contributed by atoms with E-state index in [1.165, 1.54) is 25.1 Å². The molecule has 0 saturated carbocycles. The first-order valence-electron chi connectivity index (χ1n) is 11.8. The standard InChI is InChI=1S/C27H25BrF5IN2O4/c1-13(2)36-22(37)21-19(34)5-4-10-25(21,23(35)38)17-8-6-15(11-14(17)3)26(39,27(31,32)33)18-9-7-16(28)12-20(18)40-24(29)30/h4-13,21,24,39H,1-3H3,(H2,35,38)(H,36,37). The Labute approximate surface area is 249 Å². The Kier molecular flexibility index (Phi) is 9.41. The van der Waals surface area contributed by atoms with Crippen LogP contribution in [0.3, 0.4) is 0 Å². The molecule has 0 aromatic heterocycles. The van der Waals surface area contributed by atoms with Crippen LogP contribution in [0.4, 0.5) is 22.0 Å². The molecule has 3 atom stereocenters. The highest BCUT2D eigenvalue weighted by atomic mass is 127. The first-order chi connectivity index (χ1) is 18.5. The third kappa shape index (κ3) is 5.77. The molecule has 0 aliphatic heterocycles. The normalized spacial score (nSPS) is 20.7. The van der Waals surface area contributed by atoms with Crippen LogP contribution in [0.2, 0.25) is 0 Å². The number of ether oxygens (including phenoxy) is 1. The van der Waals surface area contributed by atoms with Crippen molar-refractivity contribution in [2.45, 2.75) is 50.6 Å². The first-order valence-corrected chi connectivity index (χ1v) is 13.6. The van der Waals surface area contributed by atoms with E-state index in [9.17, 15) is 36.6 Å². The number of nitrogens with two attached hydrogens (primary N) is 1. The summed E-state index contributed by atoms with van der Waals surface area (Å²) in [5.74, 6) is -3.45. The molecule has 0 heterocycles. The highest BCUT2D eigenvalue weighted by molar-refractivity contribution is 14.1. The molecule has 0 radical (unpaired) electrons. The smallest absolute Gasteiger partial charge is 0.425 e. The average Bonchev–Trinajstić information content (AvgIpc) is 2.81. The lowest BCUT2D eigenvalue weighted by molar-refractivity contribution is -0.249. The molecule has 2 aromatic carbocycles. The van der Waals surface area contributed by atoms with E-state index in [1.807, 2.05) is 22.6 Å². The summed E-state index contributed by atoms with van der Waals surface area (Å²) < 4.78 is 74.8. The molecule has 0 fully saturated rings. The number of primary amides is 1. The Morgan fingerprint density at radius 1 is 1.18 bits per heavy atom. The molecule has 0 bridgehead atoms. The van der Waals surface area contributed by atoms with Crippen LogP contribution < -0.4 is 15.8 Å². The monoisotopic (exact) mass is 742 g/mol. The van der Waals surface area contributed by atoms with Crippen molar-refractivity contribution in [1.29, 1.82) is 0 Å². The Morgan fingerprint density at radius 3 is 2.35 bits per heavy atom. The van der Waals surface area contributed by atoms with Gasteiger partial charge >= 0.3 is 12.8 Å². The lowest BCUT2D eigenvalue weighted by atomic mass is 9.65. The van der Waals surface area contributed by atoms with Crippen LogP contribution in [-0.2, 0) is 20.6 Å². The quantitative estimate of drug-likeness (QED) is 0.231. The van der Waals surface area contributed by atoms with Gasteiger partial charge in [-0.1, -0.05) is 58.4 Å². The third-order valence-corrected chi connectivity index (χ3v) is 7.97. The summed E-state index contributed by atoms with van der Waals surface area (Å²) in [6.45, 7) is 1.39. The van der Waals surface area contributed by atoms with Gasteiger partial charge in [-0.25, -0.2) is 0 Å². The predicted molar refractivity (Wildman–Crippen MR) is 150 cm³/mol. The van der Waals surface area contributed by atoms with Gasteiger partial charge in [-0.05, 0) is 72.2 Å². The van der Waals surface area contributed by atoms with Crippen molar-refractivity contribution in [3.63, 3.8) is 0 Å². The van der Waals surface area contributed by atoms with Crippen LogP contribution in [0, 0.1) is 12.8 Å². The van der Waals surface area contributed by atoms with Crippen molar-refractivity contribution in [1.82, 2.24) is 5.32 Å². The minimum Gasteiger partial charge on any atom is -0.434 e. The van der Waals surface area contributed by atoms with Gasteiger partial charge in [-0.2, -0.15) is 22.0 Å². The number of carbonyl (C=O) groups excluding carboxylic acids is 2. The molecule has 2 aromatic rings. The van der Waals surface area contributed by atoms with Crippen molar-refractivity contribution < 1.29 is 41.4 Å². The topological polar surface area (TPSA) is 102 Å². The molecule has 4 N–H and O–H groups in total. The number of alkyl halides is 5. The Hall–Kier alpha value is -2.52. The number of carbonyl (C=O) groups is 2. The SMILES string of the molecule is Cc1cc(C(O)(c2ccc(Br)cc2OC(F)F)C(F)(F)F)ccc1C1(C(N)=O)C=CC=C(I)C1C(=O)NC(C)C. The molecule has 13 heteroatoms. The third-order valence-electron chi connectivity index (χ3n) is 6.50. The zero-order chi connectivity index (χ0) is 30.2. The minimum atomic E-state index is -5.39. The summed E-state index contributed by atoms with van der Waals surface area (Å²) in [6.07, 6.45) is -0.820. The summed E-state index contributed by atoms with van der Waals surface area (Å²) in [4.78, 5) is 26.3. The number of halogens is 7. The zero-order valence-corrected chi connectivity index (χ0v) is 25.1. The summed E-state index contributed by atoms with van der Waals surface area (Å²) in [5.41, 5.74) is -1.16. The molecule has 1 aliphatic rings. The van der Waals surface area contributed by atoms with Gasteiger partial charge in [0, 0.05) is 19.7 Å². The number of benzene rings is 2. The lowest BCUT2D eigenvalue weighted by Crippen LogP contribution is -2.53. The number of nitrogens with one attached hydrogen (secondary N) is 1. The predicted octanol–water partition coefficient (Wildman–Crippen LogP) is 5.91. The Bertz CT molecular complexity index is 1380. The largest absolute Gasteiger partial charge is 0.434 e. The van der Waals surface area contributed by atoms with Gasteiger partial charge in [0.15, 0.2) is 0 Å². The summed E-state index contributed by atoms with van der Waals surface area (Å²) in [7, 11) is 0. The average molecular weight is 743 g/mol. The summed E-state index contributed by atoms with van der Waals surface area (Å²) in [6, 6.07) is 5.66. The fraction of sp³-hybridized carbons (Fsp3) is 0.333. The van der Waals surface area contributed by atoms with Crippen LogP contribution in [0.15, 0.2) is 62.7 Å². The molecule has 216 valence electrons. The second kappa shape index (κ2) is 11.8. The maximum absolute atomic E-state index is 14.6. The number of hydrogen-bond acceptors (Lipinski definition) is 4. The maximum atomic E-state index is 14.6. The molecule has 1 aliphatic carbocycles. The fourth-order valence-corrected chi connectivity index (χ4v) is 6.14. The van der Waals surface area contributed by atoms with E-state index in [0.717, 1.165) is 30.3 Å². The second-order valence-corrected chi connectivity index (χ2v) is 11.7. The van der Waals surface area contributed by atoms with Crippen molar-refractivity contribution in [2.24, 2.45) is 11.7 Å². The molecule has 0 spiro atoms. The van der Waals surface area contributed by atoms with Gasteiger partial charge < -0.3 is 20.9 Å². The molecular weight excluding hydrogens is 718 g/mol. The van der Waals surface area contributed by atoms with Crippen LogP contribution in [0.1, 0.15) is 36.1 Å². The fourth-order valence-electron chi connectivity index (χ4n) is 4.82. The van der Waals surface area contributed by atoms with E-state index in [2.05, 4.69) is 26.0 Å². The zero-order valence-electron chi connectivity index (χ0n) is 21.3. The number of aryl methyl sites for hydroxylation is 1.